The summed E-state index contributed by atoms with van der Waals surface area (Å²) in [5.74, 6) is -5.93. The molecule has 0 fully saturated rings. The van der Waals surface area contributed by atoms with Crippen molar-refractivity contribution in [3.63, 3.8) is 0 Å². The van der Waals surface area contributed by atoms with Gasteiger partial charge in [0.15, 0.2) is 11.9 Å². The minimum Gasteiger partial charge on any atom is -0.480 e. The van der Waals surface area contributed by atoms with Gasteiger partial charge < -0.3 is 52.2 Å². The van der Waals surface area contributed by atoms with E-state index in [1.54, 1.807) is 0 Å². The largest absolute Gasteiger partial charge is 0.480 e. The van der Waals surface area contributed by atoms with Gasteiger partial charge >= 0.3 is 12.1 Å². The number of rotatable bonds is 18. The summed E-state index contributed by atoms with van der Waals surface area (Å²) in [7, 11) is 0. The number of ketones is 1. The van der Waals surface area contributed by atoms with Gasteiger partial charge in [-0.25, -0.2) is 4.79 Å². The quantitative estimate of drug-likeness (QED) is 0.0755. The maximum Gasteiger partial charge on any atom is 0.408 e. The molecule has 0 saturated heterocycles. The number of amides is 5. The molecule has 5 amide bonds. The molecule has 0 heterocycles. The molecule has 0 aromatic heterocycles. The number of hydrogen-bond donors (Lipinski definition) is 9. The fourth-order valence-corrected chi connectivity index (χ4v) is 3.26. The van der Waals surface area contributed by atoms with E-state index in [0.717, 1.165) is 6.92 Å². The lowest BCUT2D eigenvalue weighted by Gasteiger charge is -2.32. The second-order valence-corrected chi connectivity index (χ2v) is 9.60. The smallest absolute Gasteiger partial charge is 0.408 e. The number of aliphatic hydroxyl groups is 3. The van der Waals surface area contributed by atoms with E-state index in [-0.39, 0.29) is 19.3 Å². The van der Waals surface area contributed by atoms with Crippen LogP contribution in [0.3, 0.4) is 0 Å². The average Bonchev–Trinajstić information content (AvgIpc) is 2.89. The predicted molar refractivity (Wildman–Crippen MR) is 140 cm³/mol. The number of ether oxygens (including phenoxy) is 1. The zero-order valence-corrected chi connectivity index (χ0v) is 23.6. The van der Waals surface area contributed by atoms with Gasteiger partial charge in [-0.1, -0.05) is 20.8 Å². The molecule has 10 N–H and O–H groups in total. The highest BCUT2D eigenvalue weighted by Crippen LogP contribution is 2.13. The number of carbonyl (C=O) groups is 7. The number of alkyl carbamates (subject to hydrolysis) is 1. The molecule has 17 heteroatoms. The molecule has 0 aromatic rings. The third kappa shape index (κ3) is 12.9. The molecule has 7 atom stereocenters. The van der Waals surface area contributed by atoms with Crippen LogP contribution in [-0.4, -0.2) is 111 Å². The Labute approximate surface area is 236 Å². The lowest BCUT2D eigenvalue weighted by molar-refractivity contribution is -0.141. The van der Waals surface area contributed by atoms with Crippen molar-refractivity contribution in [3.8, 4) is 0 Å². The number of nitrogens with two attached hydrogens (primary N) is 1. The van der Waals surface area contributed by atoms with Gasteiger partial charge in [0, 0.05) is 12.3 Å². The van der Waals surface area contributed by atoms with Crippen molar-refractivity contribution in [3.05, 3.63) is 0 Å². The number of carboxylic acids is 1. The molecular formula is C24H41N5O12. The van der Waals surface area contributed by atoms with Gasteiger partial charge in [-0.3, -0.25) is 28.8 Å². The molecule has 0 radical (unpaired) electrons. The summed E-state index contributed by atoms with van der Waals surface area (Å²) in [6.45, 7) is 5.80. The zero-order valence-electron chi connectivity index (χ0n) is 23.6. The molecule has 0 saturated carbocycles. The molecule has 0 rings (SSSR count). The van der Waals surface area contributed by atoms with Crippen molar-refractivity contribution in [1.82, 2.24) is 21.3 Å². The Morgan fingerprint density at radius 3 is 1.90 bits per heavy atom. The first-order valence-corrected chi connectivity index (χ1v) is 12.8. The summed E-state index contributed by atoms with van der Waals surface area (Å²) < 4.78 is 5.13. The van der Waals surface area contributed by atoms with Gasteiger partial charge in [-0.15, -0.1) is 0 Å². The van der Waals surface area contributed by atoms with Crippen molar-refractivity contribution >= 4 is 41.5 Å². The summed E-state index contributed by atoms with van der Waals surface area (Å²) in [6.07, 6.45) is -7.86. The number of nitrogens with one attached hydrogen (secondary N) is 4. The Bertz CT molecular complexity index is 959. The molecule has 41 heavy (non-hydrogen) atoms. The summed E-state index contributed by atoms with van der Waals surface area (Å²) in [5, 5.41) is 47.4. The van der Waals surface area contributed by atoms with Crippen LogP contribution >= 0.6 is 0 Å². The molecule has 0 aliphatic rings. The third-order valence-electron chi connectivity index (χ3n) is 5.83. The second kappa shape index (κ2) is 17.8. The van der Waals surface area contributed by atoms with E-state index in [1.807, 2.05) is 0 Å². The zero-order chi connectivity index (χ0) is 32.0. The lowest BCUT2D eigenvalue weighted by Crippen LogP contribution is -2.59. The van der Waals surface area contributed by atoms with Crippen LogP contribution in [0.4, 0.5) is 4.79 Å². The Morgan fingerprint density at radius 1 is 0.878 bits per heavy atom. The minimum atomic E-state index is -2.03. The number of hydrogen-bond acceptors (Lipinski definition) is 11. The van der Waals surface area contributed by atoms with Gasteiger partial charge in [0.25, 0.3) is 0 Å². The first-order chi connectivity index (χ1) is 19.0. The number of Topliss-reactive ketones (excluding diaryl/α,β-unsaturated/α-hetero) is 1. The van der Waals surface area contributed by atoms with E-state index in [4.69, 9.17) is 15.6 Å². The van der Waals surface area contributed by atoms with Gasteiger partial charge in [-0.2, -0.15) is 0 Å². The van der Waals surface area contributed by atoms with E-state index in [1.165, 1.54) is 27.7 Å². The third-order valence-corrected chi connectivity index (χ3v) is 5.83. The van der Waals surface area contributed by atoms with Crippen LogP contribution in [0.1, 0.15) is 53.9 Å². The molecule has 0 aromatic carbocycles. The van der Waals surface area contributed by atoms with Crippen LogP contribution < -0.4 is 27.0 Å². The molecule has 0 bridgehead atoms. The summed E-state index contributed by atoms with van der Waals surface area (Å²) >= 11 is 0. The average molecular weight is 592 g/mol. The van der Waals surface area contributed by atoms with Gasteiger partial charge in [0.1, 0.15) is 36.4 Å². The van der Waals surface area contributed by atoms with E-state index in [9.17, 15) is 48.9 Å². The van der Waals surface area contributed by atoms with Crippen LogP contribution in [0.5, 0.6) is 0 Å². The number of carboxylic acid groups (broad SMARTS) is 1. The molecule has 3 unspecified atom stereocenters. The second-order valence-electron chi connectivity index (χ2n) is 9.60. The SMILES string of the molecule is CCC(NC(=O)O[C@@H]([C@H](O)[C@H](O)CO)[C@@H](NC(=O)C(C)C)C(C)=O)C(=O)NC(CCC(=O)NC(C)C(=O)O)C(N)=O. The van der Waals surface area contributed by atoms with Crippen LogP contribution in [-0.2, 0) is 33.5 Å². The normalized spacial score (nSPS) is 16.1. The van der Waals surface area contributed by atoms with Crippen molar-refractivity contribution in [2.45, 2.75) is 96.4 Å². The molecule has 0 aliphatic heterocycles. The maximum absolute atomic E-state index is 12.8. The molecule has 234 valence electrons. The fraction of sp³-hybridized carbons (Fsp3) is 0.708. The van der Waals surface area contributed by atoms with Crippen LogP contribution in [0.25, 0.3) is 0 Å². The minimum absolute atomic E-state index is 0.0598. The molecule has 0 spiro atoms. The standard InChI is InChI=1S/C24H41N5O12/c1-6-13(22(37)27-14(20(25)35)7-8-16(33)26-11(4)23(38)39)28-24(40)41-19(18(34)15(32)9-30)17(12(5)31)29-21(36)10(2)3/h10-11,13-15,17-19,30,32,34H,6-9H2,1-5H3,(H2,25,35)(H,26,33)(H,27,37)(H,28,40)(H,29,36)(H,38,39)/t11?,13?,14?,15-,17+,18-,19-/m1/s1. The van der Waals surface area contributed by atoms with Crippen LogP contribution in [0.15, 0.2) is 0 Å². The van der Waals surface area contributed by atoms with E-state index >= 15 is 0 Å². The first kappa shape index (κ1) is 37.2. The highest BCUT2D eigenvalue weighted by Gasteiger charge is 2.40. The van der Waals surface area contributed by atoms with Crippen molar-refractivity contribution in [2.75, 3.05) is 6.61 Å². The van der Waals surface area contributed by atoms with Gasteiger partial charge in [-0.05, 0) is 26.7 Å². The van der Waals surface area contributed by atoms with Crippen molar-refractivity contribution < 1.29 is 58.7 Å². The lowest BCUT2D eigenvalue weighted by atomic mass is 9.97. The first-order valence-electron chi connectivity index (χ1n) is 12.8. The molecule has 0 aliphatic carbocycles. The van der Waals surface area contributed by atoms with Gasteiger partial charge in [0.05, 0.1) is 6.61 Å². The molecular weight excluding hydrogens is 550 g/mol. The van der Waals surface area contributed by atoms with E-state index < -0.39 is 96.5 Å². The number of carbonyl (C=O) groups excluding carboxylic acids is 6. The summed E-state index contributed by atoms with van der Waals surface area (Å²) in [6, 6.07) is -5.55. The van der Waals surface area contributed by atoms with E-state index in [0.29, 0.717) is 0 Å². The Hall–Kier alpha value is -3.83. The predicted octanol–water partition coefficient (Wildman–Crippen LogP) is -3.36. The highest BCUT2D eigenvalue weighted by atomic mass is 16.6. The van der Waals surface area contributed by atoms with E-state index in [2.05, 4.69) is 21.3 Å². The number of aliphatic hydroxyl groups excluding tert-OH is 3. The number of primary amides is 1. The Kier molecular flexibility index (Phi) is 16.1. The Morgan fingerprint density at radius 2 is 1.46 bits per heavy atom. The highest BCUT2D eigenvalue weighted by molar-refractivity contribution is 5.92. The summed E-state index contributed by atoms with van der Waals surface area (Å²) in [5.41, 5.74) is 5.30. The maximum atomic E-state index is 12.8. The monoisotopic (exact) mass is 591 g/mol. The van der Waals surface area contributed by atoms with Crippen LogP contribution in [0, 0.1) is 5.92 Å². The number of aliphatic carboxylic acids is 1. The topological polar surface area (TPSA) is 284 Å². The van der Waals surface area contributed by atoms with Gasteiger partial charge in [0.2, 0.25) is 23.6 Å². The summed E-state index contributed by atoms with van der Waals surface area (Å²) in [4.78, 5) is 84.5. The van der Waals surface area contributed by atoms with Crippen LogP contribution in [0.2, 0.25) is 0 Å². The Balaban J connectivity index is 5.60. The van der Waals surface area contributed by atoms with Crippen molar-refractivity contribution in [1.29, 1.82) is 0 Å². The fourth-order valence-electron chi connectivity index (χ4n) is 3.26. The van der Waals surface area contributed by atoms with Crippen molar-refractivity contribution in [2.24, 2.45) is 11.7 Å². The molecule has 17 nitrogen and oxygen atoms in total.